The molecule has 0 aromatic heterocycles. The van der Waals surface area contributed by atoms with Crippen LogP contribution < -0.4 is 21.7 Å². The van der Waals surface area contributed by atoms with E-state index in [1.54, 1.807) is 24.1 Å². The van der Waals surface area contributed by atoms with Gasteiger partial charge in [-0.25, -0.2) is 4.79 Å². The predicted octanol–water partition coefficient (Wildman–Crippen LogP) is 2.08. The Morgan fingerprint density at radius 1 is 1.08 bits per heavy atom. The van der Waals surface area contributed by atoms with E-state index in [2.05, 4.69) is 16.0 Å². The highest BCUT2D eigenvalue weighted by molar-refractivity contribution is 7.99. The summed E-state index contributed by atoms with van der Waals surface area (Å²) in [5, 5.41) is 8.38. The van der Waals surface area contributed by atoms with Crippen molar-refractivity contribution in [1.82, 2.24) is 15.5 Å². The average Bonchev–Trinajstić information content (AvgIpc) is 3.28. The van der Waals surface area contributed by atoms with E-state index in [-0.39, 0.29) is 31.0 Å². The number of amides is 5. The zero-order chi connectivity index (χ0) is 26.1. The van der Waals surface area contributed by atoms with Crippen molar-refractivity contribution in [2.24, 2.45) is 5.73 Å². The van der Waals surface area contributed by atoms with Gasteiger partial charge in [-0.2, -0.15) is 11.8 Å². The van der Waals surface area contributed by atoms with E-state index in [0.29, 0.717) is 5.69 Å². The van der Waals surface area contributed by atoms with E-state index in [4.69, 9.17) is 5.73 Å². The number of primary amides is 1. The third-order valence-corrected chi connectivity index (χ3v) is 7.06. The third-order valence-electron chi connectivity index (χ3n) is 5.80. The molecule has 9 nitrogen and oxygen atoms in total. The van der Waals surface area contributed by atoms with Crippen molar-refractivity contribution in [2.75, 3.05) is 30.1 Å². The van der Waals surface area contributed by atoms with Gasteiger partial charge in [0.2, 0.25) is 17.7 Å². The van der Waals surface area contributed by atoms with Crippen molar-refractivity contribution in [3.63, 3.8) is 0 Å². The summed E-state index contributed by atoms with van der Waals surface area (Å²) in [5.41, 5.74) is 7.05. The zero-order valence-corrected chi connectivity index (χ0v) is 21.9. The summed E-state index contributed by atoms with van der Waals surface area (Å²) in [5.74, 6) is -1.14. The van der Waals surface area contributed by atoms with Gasteiger partial charge in [0.1, 0.15) is 12.1 Å². The molecule has 192 valence electrons. The monoisotopic (exact) mass is 529 g/mol. The van der Waals surface area contributed by atoms with Gasteiger partial charge in [0.25, 0.3) is 0 Å². The number of nitrogens with zero attached hydrogens (tertiary/aromatic N) is 1. The second kappa shape index (κ2) is 13.2. The van der Waals surface area contributed by atoms with Gasteiger partial charge in [0.15, 0.2) is 0 Å². The van der Waals surface area contributed by atoms with Crippen LogP contribution in [0.2, 0.25) is 0 Å². The normalized spacial score (nSPS) is 17.8. The third kappa shape index (κ3) is 7.66. The number of carbonyl (C=O) groups is 4. The molecule has 0 aliphatic carbocycles. The van der Waals surface area contributed by atoms with E-state index in [1.165, 1.54) is 16.7 Å². The minimum atomic E-state index is -0.920. The quantitative estimate of drug-likeness (QED) is 0.348. The first kappa shape index (κ1) is 27.4. The summed E-state index contributed by atoms with van der Waals surface area (Å²) in [7, 11) is 0. The molecule has 0 saturated carbocycles. The summed E-state index contributed by atoms with van der Waals surface area (Å²) >= 11 is 2.92. The molecule has 1 aliphatic rings. The van der Waals surface area contributed by atoms with Crippen molar-refractivity contribution in [1.29, 1.82) is 0 Å². The number of likely N-dealkylation sites (tertiary alicyclic amines) is 1. The molecule has 5 N–H and O–H groups in total. The number of nitrogens with two attached hydrogens (primary N) is 1. The number of anilines is 1. The van der Waals surface area contributed by atoms with Crippen molar-refractivity contribution >= 4 is 53.0 Å². The minimum absolute atomic E-state index is 0.190. The molecular weight excluding hydrogens is 498 g/mol. The first-order valence-corrected chi connectivity index (χ1v) is 14.1. The molecule has 1 heterocycles. The highest BCUT2D eigenvalue weighted by Crippen LogP contribution is 2.22. The van der Waals surface area contributed by atoms with Crippen molar-refractivity contribution < 1.29 is 19.2 Å². The zero-order valence-electron chi connectivity index (χ0n) is 20.2. The van der Waals surface area contributed by atoms with E-state index >= 15 is 0 Å². The van der Waals surface area contributed by atoms with Crippen LogP contribution >= 0.6 is 23.5 Å². The van der Waals surface area contributed by atoms with Gasteiger partial charge < -0.3 is 26.6 Å². The topological polar surface area (TPSA) is 134 Å². The van der Waals surface area contributed by atoms with Gasteiger partial charge in [-0.3, -0.25) is 14.4 Å². The Bertz CT molecular complexity index is 1090. The van der Waals surface area contributed by atoms with Gasteiger partial charge in [0.05, 0.1) is 11.8 Å². The standard InChI is InChI=1S/C25H31N5O4S2/c1-35-15-22(31)30-14-18(28-25(34)27-17-9-6-10-19(12-17)36-2)13-21(30)24(33)29-20(23(26)32)11-16-7-4-3-5-8-16/h3-10,12,18,20-21H,11,13-15H2,1-2H3,(H2,26,32)(H,29,33)(H2,27,28,34). The molecular formula is C25H31N5O4S2. The van der Waals surface area contributed by atoms with E-state index in [9.17, 15) is 19.2 Å². The molecule has 2 aromatic rings. The lowest BCUT2D eigenvalue weighted by Gasteiger charge is -2.25. The van der Waals surface area contributed by atoms with Gasteiger partial charge in [-0.05, 0) is 42.7 Å². The van der Waals surface area contributed by atoms with Crippen LogP contribution in [0.5, 0.6) is 0 Å². The van der Waals surface area contributed by atoms with Gasteiger partial charge in [0, 0.05) is 23.5 Å². The number of rotatable bonds is 10. The Kier molecular flexibility index (Phi) is 10.1. The molecule has 11 heteroatoms. The number of hydrogen-bond acceptors (Lipinski definition) is 6. The largest absolute Gasteiger partial charge is 0.368 e. The fourth-order valence-corrected chi connectivity index (χ4v) is 4.94. The minimum Gasteiger partial charge on any atom is -0.368 e. The van der Waals surface area contributed by atoms with Crippen LogP contribution in [0.3, 0.4) is 0 Å². The van der Waals surface area contributed by atoms with Crippen LogP contribution in [0.4, 0.5) is 10.5 Å². The summed E-state index contributed by atoms with van der Waals surface area (Å²) in [4.78, 5) is 53.1. The first-order valence-electron chi connectivity index (χ1n) is 11.4. The summed E-state index contributed by atoms with van der Waals surface area (Å²) in [6.45, 7) is 0.190. The predicted molar refractivity (Wildman–Crippen MR) is 144 cm³/mol. The summed E-state index contributed by atoms with van der Waals surface area (Å²) in [6.07, 6.45) is 4.22. The van der Waals surface area contributed by atoms with Crippen LogP contribution in [0.15, 0.2) is 59.5 Å². The van der Waals surface area contributed by atoms with Gasteiger partial charge in [-0.15, -0.1) is 11.8 Å². The van der Waals surface area contributed by atoms with Crippen LogP contribution in [0, 0.1) is 0 Å². The second-order valence-corrected chi connectivity index (χ2v) is 10.2. The Morgan fingerprint density at radius 2 is 1.83 bits per heavy atom. The SMILES string of the molecule is CSCC(=O)N1CC(NC(=O)Nc2cccc(SC)c2)CC1C(=O)NC(Cc1ccccc1)C(N)=O. The summed E-state index contributed by atoms with van der Waals surface area (Å²) in [6, 6.07) is 14.1. The Balaban J connectivity index is 1.67. The first-order chi connectivity index (χ1) is 17.3. The van der Waals surface area contributed by atoms with Crippen molar-refractivity contribution in [3.05, 3.63) is 60.2 Å². The molecule has 3 unspecified atom stereocenters. The van der Waals surface area contributed by atoms with E-state index < -0.39 is 36.0 Å². The average molecular weight is 530 g/mol. The highest BCUT2D eigenvalue weighted by atomic mass is 32.2. The number of hydrogen-bond donors (Lipinski definition) is 4. The number of nitrogens with one attached hydrogen (secondary N) is 3. The maximum absolute atomic E-state index is 13.2. The number of urea groups is 1. The van der Waals surface area contributed by atoms with Crippen LogP contribution in [0.1, 0.15) is 12.0 Å². The lowest BCUT2D eigenvalue weighted by Crippen LogP contribution is -2.53. The number of benzene rings is 2. The Labute approximate surface area is 219 Å². The van der Waals surface area contributed by atoms with E-state index in [1.807, 2.05) is 54.8 Å². The molecule has 0 spiro atoms. The maximum atomic E-state index is 13.2. The van der Waals surface area contributed by atoms with Crippen LogP contribution in [-0.4, -0.2) is 71.6 Å². The van der Waals surface area contributed by atoms with Crippen molar-refractivity contribution in [2.45, 2.75) is 35.9 Å². The van der Waals surface area contributed by atoms with Crippen LogP contribution in [0.25, 0.3) is 0 Å². The Morgan fingerprint density at radius 3 is 2.50 bits per heavy atom. The Hall–Kier alpha value is -3.18. The number of carbonyl (C=O) groups excluding carboxylic acids is 4. The second-order valence-electron chi connectivity index (χ2n) is 8.41. The fraction of sp³-hybridized carbons (Fsp3) is 0.360. The molecule has 1 fully saturated rings. The summed E-state index contributed by atoms with van der Waals surface area (Å²) < 4.78 is 0. The maximum Gasteiger partial charge on any atom is 0.319 e. The molecule has 3 atom stereocenters. The molecule has 1 aliphatic heterocycles. The van der Waals surface area contributed by atoms with Crippen molar-refractivity contribution in [3.8, 4) is 0 Å². The molecule has 3 rings (SSSR count). The van der Waals surface area contributed by atoms with Gasteiger partial charge in [-0.1, -0.05) is 36.4 Å². The molecule has 1 saturated heterocycles. The number of thioether (sulfide) groups is 2. The fourth-order valence-electron chi connectivity index (χ4n) is 4.06. The lowest BCUT2D eigenvalue weighted by molar-refractivity contribution is -0.137. The molecule has 0 radical (unpaired) electrons. The highest BCUT2D eigenvalue weighted by Gasteiger charge is 2.40. The lowest BCUT2D eigenvalue weighted by atomic mass is 10.0. The molecule has 0 bridgehead atoms. The smallest absolute Gasteiger partial charge is 0.319 e. The van der Waals surface area contributed by atoms with Crippen LogP contribution in [-0.2, 0) is 20.8 Å². The molecule has 2 aromatic carbocycles. The molecule has 5 amide bonds. The molecule has 36 heavy (non-hydrogen) atoms. The van der Waals surface area contributed by atoms with E-state index in [0.717, 1.165) is 10.5 Å². The van der Waals surface area contributed by atoms with Gasteiger partial charge >= 0.3 is 6.03 Å².